The lowest BCUT2D eigenvalue weighted by molar-refractivity contribution is -0.115. The molecule has 1 aromatic rings. The van der Waals surface area contributed by atoms with Crippen LogP contribution in [0.2, 0.25) is 5.02 Å². The molecule has 0 aliphatic rings. The van der Waals surface area contributed by atoms with E-state index in [0.29, 0.717) is 17.6 Å². The summed E-state index contributed by atoms with van der Waals surface area (Å²) in [6.45, 7) is 4.55. The summed E-state index contributed by atoms with van der Waals surface area (Å²) < 4.78 is 0. The van der Waals surface area contributed by atoms with Crippen molar-refractivity contribution in [1.29, 1.82) is 0 Å². The molecule has 0 saturated heterocycles. The van der Waals surface area contributed by atoms with E-state index >= 15 is 0 Å². The van der Waals surface area contributed by atoms with E-state index < -0.39 is 0 Å². The Kier molecular flexibility index (Phi) is 6.01. The zero-order valence-electron chi connectivity index (χ0n) is 10.3. The van der Waals surface area contributed by atoms with Crippen LogP contribution in [-0.2, 0) is 4.79 Å². The van der Waals surface area contributed by atoms with Gasteiger partial charge in [-0.3, -0.25) is 4.79 Å². The molecule has 0 aliphatic heterocycles. The van der Waals surface area contributed by atoms with Gasteiger partial charge in [-0.1, -0.05) is 31.5 Å². The van der Waals surface area contributed by atoms with Gasteiger partial charge in [0.1, 0.15) is 0 Å². The second-order valence-electron chi connectivity index (χ2n) is 3.95. The number of hydrogen-bond donors (Lipinski definition) is 2. The zero-order valence-corrected chi connectivity index (χ0v) is 11.1. The molecule has 0 unspecified atom stereocenters. The summed E-state index contributed by atoms with van der Waals surface area (Å²) in [5, 5.41) is 6.63. The Morgan fingerprint density at radius 1 is 1.35 bits per heavy atom. The summed E-state index contributed by atoms with van der Waals surface area (Å²) in [6.07, 6.45) is 2.06. The Morgan fingerprint density at radius 3 is 2.65 bits per heavy atom. The summed E-state index contributed by atoms with van der Waals surface area (Å²) in [6, 6.07) is 7.55. The van der Waals surface area contributed by atoms with E-state index in [-0.39, 0.29) is 5.91 Å². The number of rotatable bonds is 6. The first-order valence-corrected chi connectivity index (χ1v) is 6.32. The topological polar surface area (TPSA) is 41.1 Å². The molecule has 2 N–H and O–H groups in total. The van der Waals surface area contributed by atoms with E-state index in [1.807, 2.05) is 12.1 Å². The van der Waals surface area contributed by atoms with Crippen molar-refractivity contribution in [3.63, 3.8) is 0 Å². The molecule has 0 aromatic heterocycles. The smallest absolute Gasteiger partial charge is 0.238 e. The minimum Gasteiger partial charge on any atom is -0.325 e. The quantitative estimate of drug-likeness (QED) is 0.819. The first-order chi connectivity index (χ1) is 8.15. The van der Waals surface area contributed by atoms with Crippen LogP contribution in [0, 0.1) is 0 Å². The van der Waals surface area contributed by atoms with Crippen molar-refractivity contribution in [3.8, 4) is 0 Å². The highest BCUT2D eigenvalue weighted by molar-refractivity contribution is 6.30. The molecule has 0 heterocycles. The van der Waals surface area contributed by atoms with Crippen LogP contribution in [0.4, 0.5) is 5.69 Å². The van der Waals surface area contributed by atoms with Gasteiger partial charge in [0.2, 0.25) is 5.91 Å². The fourth-order valence-corrected chi connectivity index (χ4v) is 1.78. The van der Waals surface area contributed by atoms with Gasteiger partial charge in [0, 0.05) is 16.8 Å². The lowest BCUT2D eigenvalue weighted by Gasteiger charge is -2.14. The highest BCUT2D eigenvalue weighted by atomic mass is 35.5. The average Bonchev–Trinajstić information content (AvgIpc) is 2.30. The van der Waals surface area contributed by atoms with Gasteiger partial charge in [-0.15, -0.1) is 0 Å². The van der Waals surface area contributed by atoms with Crippen molar-refractivity contribution in [1.82, 2.24) is 5.32 Å². The van der Waals surface area contributed by atoms with E-state index in [4.69, 9.17) is 11.6 Å². The number of amides is 1. The van der Waals surface area contributed by atoms with Crippen LogP contribution in [0.15, 0.2) is 24.3 Å². The molecular formula is C13H19ClN2O. The summed E-state index contributed by atoms with van der Waals surface area (Å²) in [5.41, 5.74) is 0.730. The highest BCUT2D eigenvalue weighted by Gasteiger charge is 2.06. The Bertz CT molecular complexity index is 364. The number of halogens is 1. The molecule has 3 nitrogen and oxygen atoms in total. The van der Waals surface area contributed by atoms with Crippen molar-refractivity contribution in [2.24, 2.45) is 0 Å². The van der Waals surface area contributed by atoms with Crippen LogP contribution >= 0.6 is 11.6 Å². The van der Waals surface area contributed by atoms with E-state index in [1.165, 1.54) is 0 Å². The minimum atomic E-state index is -0.0424. The molecule has 1 amide bonds. The molecule has 94 valence electrons. The van der Waals surface area contributed by atoms with E-state index in [9.17, 15) is 4.79 Å². The third kappa shape index (κ3) is 5.20. The second-order valence-corrected chi connectivity index (χ2v) is 4.39. The molecule has 1 aromatic carbocycles. The number of benzene rings is 1. The fourth-order valence-electron chi connectivity index (χ4n) is 1.59. The maximum Gasteiger partial charge on any atom is 0.238 e. The van der Waals surface area contributed by atoms with Crippen molar-refractivity contribution < 1.29 is 4.79 Å². The fraction of sp³-hybridized carbons (Fsp3) is 0.462. The van der Waals surface area contributed by atoms with Crippen LogP contribution < -0.4 is 10.6 Å². The van der Waals surface area contributed by atoms with Gasteiger partial charge >= 0.3 is 0 Å². The Labute approximate surface area is 108 Å². The molecule has 0 aliphatic carbocycles. The van der Waals surface area contributed by atoms with Crippen molar-refractivity contribution >= 4 is 23.2 Å². The molecule has 0 spiro atoms. The van der Waals surface area contributed by atoms with Gasteiger partial charge in [0.25, 0.3) is 0 Å². The number of carbonyl (C=O) groups is 1. The van der Waals surface area contributed by atoms with Gasteiger partial charge in [0.15, 0.2) is 0 Å². The Hall–Kier alpha value is -1.06. The lowest BCUT2D eigenvalue weighted by atomic mass is 10.2. The minimum absolute atomic E-state index is 0.0424. The van der Waals surface area contributed by atoms with E-state index in [0.717, 1.165) is 18.5 Å². The molecule has 0 bridgehead atoms. The van der Waals surface area contributed by atoms with Gasteiger partial charge in [-0.2, -0.15) is 0 Å². The van der Waals surface area contributed by atoms with Crippen molar-refractivity contribution in [3.05, 3.63) is 29.3 Å². The maximum atomic E-state index is 11.6. The molecule has 4 heteroatoms. The molecule has 0 radical (unpaired) electrons. The molecule has 0 fully saturated rings. The van der Waals surface area contributed by atoms with Gasteiger partial charge < -0.3 is 10.6 Å². The highest BCUT2D eigenvalue weighted by Crippen LogP contribution is 2.14. The van der Waals surface area contributed by atoms with Gasteiger partial charge in [0.05, 0.1) is 6.54 Å². The lowest BCUT2D eigenvalue weighted by Crippen LogP contribution is -2.35. The second kappa shape index (κ2) is 7.30. The molecule has 1 rings (SSSR count). The van der Waals surface area contributed by atoms with Gasteiger partial charge in [-0.05, 0) is 31.0 Å². The van der Waals surface area contributed by atoms with Crippen LogP contribution in [0.5, 0.6) is 0 Å². The SMILES string of the molecule is CCC(CC)NCC(=O)Nc1cccc(Cl)c1. The zero-order chi connectivity index (χ0) is 12.7. The molecular weight excluding hydrogens is 236 g/mol. The summed E-state index contributed by atoms with van der Waals surface area (Å²) in [7, 11) is 0. The summed E-state index contributed by atoms with van der Waals surface area (Å²) in [5.74, 6) is -0.0424. The summed E-state index contributed by atoms with van der Waals surface area (Å²) >= 11 is 5.83. The normalized spacial score (nSPS) is 10.6. The van der Waals surface area contributed by atoms with Gasteiger partial charge in [-0.25, -0.2) is 0 Å². The molecule has 0 atom stereocenters. The van der Waals surface area contributed by atoms with E-state index in [1.54, 1.807) is 12.1 Å². The largest absolute Gasteiger partial charge is 0.325 e. The monoisotopic (exact) mass is 254 g/mol. The van der Waals surface area contributed by atoms with E-state index in [2.05, 4.69) is 24.5 Å². The van der Waals surface area contributed by atoms with Crippen LogP contribution in [0.1, 0.15) is 26.7 Å². The summed E-state index contributed by atoms with van der Waals surface area (Å²) in [4.78, 5) is 11.6. The first-order valence-electron chi connectivity index (χ1n) is 5.94. The van der Waals surface area contributed by atoms with Crippen LogP contribution in [-0.4, -0.2) is 18.5 Å². The van der Waals surface area contributed by atoms with Crippen molar-refractivity contribution in [2.75, 3.05) is 11.9 Å². The number of hydrogen-bond acceptors (Lipinski definition) is 2. The molecule has 0 saturated carbocycles. The Balaban J connectivity index is 2.39. The number of anilines is 1. The third-order valence-corrected chi connectivity index (χ3v) is 2.88. The third-order valence-electron chi connectivity index (χ3n) is 2.65. The standard InChI is InChI=1S/C13H19ClN2O/c1-3-11(4-2)15-9-13(17)16-12-7-5-6-10(14)8-12/h5-8,11,15H,3-4,9H2,1-2H3,(H,16,17). The molecule has 17 heavy (non-hydrogen) atoms. The number of carbonyl (C=O) groups excluding carboxylic acids is 1. The van der Waals surface area contributed by atoms with Crippen LogP contribution in [0.3, 0.4) is 0 Å². The predicted molar refractivity (Wildman–Crippen MR) is 72.5 cm³/mol. The van der Waals surface area contributed by atoms with Crippen molar-refractivity contribution in [2.45, 2.75) is 32.7 Å². The van der Waals surface area contributed by atoms with Crippen LogP contribution in [0.25, 0.3) is 0 Å². The average molecular weight is 255 g/mol. The Morgan fingerprint density at radius 2 is 2.06 bits per heavy atom. The predicted octanol–water partition coefficient (Wildman–Crippen LogP) is 3.06. The first kappa shape index (κ1) is 14.0. The maximum absolute atomic E-state index is 11.6. The number of nitrogens with one attached hydrogen (secondary N) is 2.